The molecule has 0 unspecified atom stereocenters. The average molecular weight is 377 g/mol. The highest BCUT2D eigenvalue weighted by Crippen LogP contribution is 2.21. The molecule has 7 nitrogen and oxygen atoms in total. The van der Waals surface area contributed by atoms with Gasteiger partial charge < -0.3 is 15.5 Å². The largest absolute Gasteiger partial charge is 0.483 e. The van der Waals surface area contributed by atoms with E-state index < -0.39 is 0 Å². The molecule has 2 atom stereocenters. The Kier molecular flexibility index (Phi) is 8.71. The van der Waals surface area contributed by atoms with Crippen LogP contribution >= 0.6 is 0 Å². The number of amides is 1. The monoisotopic (exact) mass is 377 g/mol. The molecule has 3 N–H and O–H groups in total. The van der Waals surface area contributed by atoms with E-state index in [1.54, 1.807) is 0 Å². The van der Waals surface area contributed by atoms with Crippen molar-refractivity contribution in [1.82, 2.24) is 15.1 Å². The van der Waals surface area contributed by atoms with Crippen molar-refractivity contribution in [3.63, 3.8) is 0 Å². The Labute approximate surface area is 161 Å². The lowest BCUT2D eigenvalue weighted by Gasteiger charge is -2.25. The number of carbonyl (C=O) groups is 2. The van der Waals surface area contributed by atoms with Gasteiger partial charge in [-0.2, -0.15) is 0 Å². The lowest BCUT2D eigenvalue weighted by molar-refractivity contribution is -0.123. The van der Waals surface area contributed by atoms with Gasteiger partial charge in [-0.15, -0.1) is 0 Å². The number of likely N-dealkylation sites (tertiary alicyclic amines) is 2. The normalized spacial score (nSPS) is 22.9. The van der Waals surface area contributed by atoms with Crippen molar-refractivity contribution in [3.8, 4) is 0 Å². The maximum Gasteiger partial charge on any atom is 0.290 e. The molecule has 150 valence electrons. The first-order chi connectivity index (χ1) is 13.0. The number of hydrogen-bond acceptors (Lipinski definition) is 5. The summed E-state index contributed by atoms with van der Waals surface area (Å²) >= 11 is 0. The predicted octanol–water partition coefficient (Wildman–Crippen LogP) is 0.843. The van der Waals surface area contributed by atoms with Gasteiger partial charge in [0, 0.05) is 38.6 Å². The third-order valence-corrected chi connectivity index (χ3v) is 5.21. The van der Waals surface area contributed by atoms with Gasteiger partial charge in [0.2, 0.25) is 5.91 Å². The Morgan fingerprint density at radius 1 is 1.22 bits per heavy atom. The second kappa shape index (κ2) is 11.0. The summed E-state index contributed by atoms with van der Waals surface area (Å²) in [6.07, 6.45) is 2.69. The summed E-state index contributed by atoms with van der Waals surface area (Å²) in [6.45, 7) is 6.89. The van der Waals surface area contributed by atoms with E-state index >= 15 is 0 Å². The molecular formula is C20H31N3O4. The number of nitrogens with zero attached hydrogens (tertiary/aromatic N) is 2. The minimum atomic E-state index is -0.279. The molecule has 2 aliphatic rings. The van der Waals surface area contributed by atoms with E-state index in [1.807, 2.05) is 12.1 Å². The second-order valence-corrected chi connectivity index (χ2v) is 7.26. The fourth-order valence-corrected chi connectivity index (χ4v) is 3.72. The molecule has 0 aromatic heterocycles. The number of benzene rings is 1. The van der Waals surface area contributed by atoms with E-state index in [1.165, 1.54) is 18.4 Å². The van der Waals surface area contributed by atoms with Gasteiger partial charge in [0.15, 0.2) is 0 Å². The molecule has 0 saturated carbocycles. The van der Waals surface area contributed by atoms with Crippen LogP contribution in [0.4, 0.5) is 0 Å². The molecule has 2 heterocycles. The van der Waals surface area contributed by atoms with Crippen molar-refractivity contribution in [1.29, 1.82) is 0 Å². The number of hydrogen-bond donors (Lipinski definition) is 3. The van der Waals surface area contributed by atoms with E-state index in [-0.39, 0.29) is 24.5 Å². The Hall–Kier alpha value is -1.96. The molecule has 1 amide bonds. The van der Waals surface area contributed by atoms with Crippen LogP contribution in [0.25, 0.3) is 0 Å². The number of carbonyl (C=O) groups excluding carboxylic acids is 1. The minimum Gasteiger partial charge on any atom is -0.483 e. The third-order valence-electron chi connectivity index (χ3n) is 5.21. The molecular weight excluding hydrogens is 346 g/mol. The summed E-state index contributed by atoms with van der Waals surface area (Å²) in [5.41, 5.74) is 2.35. The summed E-state index contributed by atoms with van der Waals surface area (Å²) in [4.78, 5) is 25.0. The van der Waals surface area contributed by atoms with Crippen molar-refractivity contribution in [2.24, 2.45) is 0 Å². The van der Waals surface area contributed by atoms with Crippen LogP contribution in [0.15, 0.2) is 24.3 Å². The smallest absolute Gasteiger partial charge is 0.290 e. The van der Waals surface area contributed by atoms with Crippen molar-refractivity contribution in [2.45, 2.75) is 44.9 Å². The number of aryl methyl sites for hydroxylation is 1. The maximum absolute atomic E-state index is 12.0. The van der Waals surface area contributed by atoms with E-state index in [0.717, 1.165) is 31.7 Å². The quantitative estimate of drug-likeness (QED) is 0.637. The highest BCUT2D eigenvalue weighted by atomic mass is 16.3. The summed E-state index contributed by atoms with van der Waals surface area (Å²) in [7, 11) is 0. The van der Waals surface area contributed by atoms with Gasteiger partial charge in [0.25, 0.3) is 6.47 Å². The molecule has 27 heavy (non-hydrogen) atoms. The van der Waals surface area contributed by atoms with Gasteiger partial charge in [0.1, 0.15) is 0 Å². The van der Waals surface area contributed by atoms with E-state index in [2.05, 4.69) is 34.2 Å². The predicted molar refractivity (Wildman–Crippen MR) is 103 cm³/mol. The molecule has 0 aliphatic carbocycles. The zero-order valence-electron chi connectivity index (χ0n) is 16.0. The molecule has 2 aliphatic heterocycles. The lowest BCUT2D eigenvalue weighted by Crippen LogP contribution is -2.41. The number of carboxylic acid groups (broad SMARTS) is 1. The van der Waals surface area contributed by atoms with E-state index in [4.69, 9.17) is 9.90 Å². The molecule has 1 aromatic carbocycles. The highest BCUT2D eigenvalue weighted by Gasteiger charge is 2.36. The Morgan fingerprint density at radius 2 is 1.85 bits per heavy atom. The molecule has 1 aromatic rings. The first-order valence-electron chi connectivity index (χ1n) is 9.58. The Bertz CT molecular complexity index is 587. The van der Waals surface area contributed by atoms with Crippen LogP contribution in [0.2, 0.25) is 0 Å². The Morgan fingerprint density at radius 3 is 2.48 bits per heavy atom. The second-order valence-electron chi connectivity index (χ2n) is 7.26. The van der Waals surface area contributed by atoms with Crippen LogP contribution in [0, 0.1) is 6.92 Å². The molecule has 0 spiro atoms. The summed E-state index contributed by atoms with van der Waals surface area (Å²) in [6, 6.07) is 8.47. The first kappa shape index (κ1) is 21.3. The number of β-amino-alcohol motifs (C(OH)–C–C–N with tert-alkyl or cyclic N) is 1. The van der Waals surface area contributed by atoms with Crippen LogP contribution in [-0.4, -0.2) is 77.3 Å². The van der Waals surface area contributed by atoms with E-state index in [9.17, 15) is 9.90 Å². The van der Waals surface area contributed by atoms with Gasteiger partial charge in [-0.25, -0.2) is 0 Å². The zero-order valence-corrected chi connectivity index (χ0v) is 16.0. The topological polar surface area (TPSA) is 93.1 Å². The maximum atomic E-state index is 12.0. The zero-order chi connectivity index (χ0) is 19.6. The van der Waals surface area contributed by atoms with Gasteiger partial charge in [0.05, 0.1) is 6.10 Å². The van der Waals surface area contributed by atoms with Gasteiger partial charge in [-0.3, -0.25) is 19.4 Å². The van der Waals surface area contributed by atoms with Crippen LogP contribution in [-0.2, 0) is 16.1 Å². The SMILES string of the molecule is Cc1ccc(CNC(=O)CCN2C[C@H](O)[C@@H](N3CCCC3)C2)cc1.O=CO. The van der Waals surface area contributed by atoms with Crippen LogP contribution in [0.1, 0.15) is 30.4 Å². The third kappa shape index (κ3) is 6.93. The molecule has 7 heteroatoms. The standard InChI is InChI=1S/C19H29N3O2.CH2O2/c1-15-4-6-16(7-5-15)12-20-19(24)8-11-21-13-17(18(23)14-21)22-9-2-3-10-22;2-1-3/h4-7,17-18,23H,2-3,8-14H2,1H3,(H,20,24);1H,(H,2,3)/t17-,18-;/m0./s1. The number of rotatable bonds is 6. The van der Waals surface area contributed by atoms with Crippen molar-refractivity contribution in [2.75, 3.05) is 32.7 Å². The molecule has 2 fully saturated rings. The summed E-state index contributed by atoms with van der Waals surface area (Å²) < 4.78 is 0. The van der Waals surface area contributed by atoms with Crippen LogP contribution in [0.5, 0.6) is 0 Å². The number of aliphatic hydroxyl groups excluding tert-OH is 1. The Balaban J connectivity index is 0.000000817. The molecule has 0 radical (unpaired) electrons. The van der Waals surface area contributed by atoms with E-state index in [0.29, 0.717) is 19.5 Å². The molecule has 3 rings (SSSR count). The average Bonchev–Trinajstić information content (AvgIpc) is 3.29. The van der Waals surface area contributed by atoms with Crippen molar-refractivity contribution >= 4 is 12.4 Å². The lowest BCUT2D eigenvalue weighted by atomic mass is 10.1. The molecule has 2 saturated heterocycles. The fraction of sp³-hybridized carbons (Fsp3) is 0.600. The van der Waals surface area contributed by atoms with Gasteiger partial charge >= 0.3 is 0 Å². The van der Waals surface area contributed by atoms with Crippen molar-refractivity contribution in [3.05, 3.63) is 35.4 Å². The van der Waals surface area contributed by atoms with Crippen molar-refractivity contribution < 1.29 is 19.8 Å². The summed E-state index contributed by atoms with van der Waals surface area (Å²) in [5, 5.41) is 20.1. The first-order valence-corrected chi connectivity index (χ1v) is 9.58. The van der Waals surface area contributed by atoms with Gasteiger partial charge in [-0.05, 0) is 38.4 Å². The number of aliphatic hydroxyl groups is 1. The molecule has 0 bridgehead atoms. The minimum absolute atomic E-state index is 0.0784. The fourth-order valence-electron chi connectivity index (χ4n) is 3.72. The summed E-state index contributed by atoms with van der Waals surface area (Å²) in [5.74, 6) is 0.0784. The van der Waals surface area contributed by atoms with Crippen LogP contribution < -0.4 is 5.32 Å². The highest BCUT2D eigenvalue weighted by molar-refractivity contribution is 5.76. The van der Waals surface area contributed by atoms with Crippen LogP contribution in [0.3, 0.4) is 0 Å². The van der Waals surface area contributed by atoms with Gasteiger partial charge in [-0.1, -0.05) is 29.8 Å². The number of nitrogens with one attached hydrogen (secondary N) is 1.